The average Bonchev–Trinajstić information content (AvgIpc) is 2.91. The van der Waals surface area contributed by atoms with E-state index in [1.165, 1.54) is 5.69 Å². The molecule has 5 nitrogen and oxygen atoms in total. The van der Waals surface area contributed by atoms with E-state index in [2.05, 4.69) is 33.2 Å². The highest BCUT2D eigenvalue weighted by Gasteiger charge is 2.06. The maximum atomic E-state index is 5.29. The summed E-state index contributed by atoms with van der Waals surface area (Å²) in [5.74, 6) is 0.680. The first-order chi connectivity index (χ1) is 9.85. The lowest BCUT2D eigenvalue weighted by molar-refractivity contribution is 0.199. The van der Waals surface area contributed by atoms with Gasteiger partial charge in [0.25, 0.3) is 0 Å². The summed E-state index contributed by atoms with van der Waals surface area (Å²) < 4.78 is 12.5. The number of hydrogen-bond donors (Lipinski definition) is 1. The fourth-order valence-electron chi connectivity index (χ4n) is 2.07. The standard InChI is InChI=1S/C15H21N3O2/c1-19-10-8-16-11-14-6-4-9-18(14)12-13-5-3-7-17-15(13)20-2/h3-7,9,16H,8,10-12H2,1-2H3. The molecular weight excluding hydrogens is 254 g/mol. The highest BCUT2D eigenvalue weighted by molar-refractivity contribution is 5.26. The van der Waals surface area contributed by atoms with Crippen LogP contribution in [0.25, 0.3) is 0 Å². The number of pyridine rings is 1. The van der Waals surface area contributed by atoms with E-state index < -0.39 is 0 Å². The Balaban J connectivity index is 2.01. The maximum Gasteiger partial charge on any atom is 0.218 e. The third kappa shape index (κ3) is 3.82. The molecule has 0 radical (unpaired) electrons. The molecule has 0 fully saturated rings. The lowest BCUT2D eigenvalue weighted by Gasteiger charge is -2.12. The van der Waals surface area contributed by atoms with Crippen LogP contribution in [-0.4, -0.2) is 36.9 Å². The summed E-state index contributed by atoms with van der Waals surface area (Å²) in [6.45, 7) is 3.14. The molecule has 2 aromatic heterocycles. The zero-order valence-electron chi connectivity index (χ0n) is 12.0. The second-order valence-electron chi connectivity index (χ2n) is 4.47. The highest BCUT2D eigenvalue weighted by Crippen LogP contribution is 2.16. The van der Waals surface area contributed by atoms with Gasteiger partial charge in [-0.15, -0.1) is 0 Å². The Bertz CT molecular complexity index is 525. The highest BCUT2D eigenvalue weighted by atomic mass is 16.5. The van der Waals surface area contributed by atoms with Gasteiger partial charge < -0.3 is 19.4 Å². The van der Waals surface area contributed by atoms with Crippen molar-refractivity contribution < 1.29 is 9.47 Å². The molecule has 0 aliphatic rings. The normalized spacial score (nSPS) is 10.7. The van der Waals surface area contributed by atoms with Crippen molar-refractivity contribution in [3.05, 3.63) is 47.9 Å². The Morgan fingerprint density at radius 2 is 2.15 bits per heavy atom. The molecule has 0 saturated carbocycles. The van der Waals surface area contributed by atoms with Crippen LogP contribution in [0.1, 0.15) is 11.3 Å². The van der Waals surface area contributed by atoms with Gasteiger partial charge in [-0.3, -0.25) is 0 Å². The monoisotopic (exact) mass is 275 g/mol. The van der Waals surface area contributed by atoms with Crippen molar-refractivity contribution in [1.82, 2.24) is 14.9 Å². The number of methoxy groups -OCH3 is 2. The molecule has 5 heteroatoms. The Morgan fingerprint density at radius 3 is 2.95 bits per heavy atom. The van der Waals surface area contributed by atoms with Crippen LogP contribution in [0.4, 0.5) is 0 Å². The predicted octanol–water partition coefficient (Wildman–Crippen LogP) is 1.68. The van der Waals surface area contributed by atoms with Gasteiger partial charge in [-0.05, 0) is 18.2 Å². The average molecular weight is 275 g/mol. The molecule has 0 saturated heterocycles. The lowest BCUT2D eigenvalue weighted by Crippen LogP contribution is -2.20. The first-order valence-electron chi connectivity index (χ1n) is 6.66. The molecule has 1 N–H and O–H groups in total. The zero-order chi connectivity index (χ0) is 14.2. The van der Waals surface area contributed by atoms with E-state index in [0.717, 1.165) is 31.8 Å². The molecule has 0 spiro atoms. The molecule has 0 amide bonds. The largest absolute Gasteiger partial charge is 0.481 e. The number of ether oxygens (including phenoxy) is 2. The van der Waals surface area contributed by atoms with Crippen molar-refractivity contribution in [2.24, 2.45) is 0 Å². The van der Waals surface area contributed by atoms with Crippen LogP contribution in [-0.2, 0) is 17.8 Å². The number of aromatic nitrogens is 2. The molecule has 108 valence electrons. The zero-order valence-corrected chi connectivity index (χ0v) is 12.0. The minimum Gasteiger partial charge on any atom is -0.481 e. The van der Waals surface area contributed by atoms with Gasteiger partial charge >= 0.3 is 0 Å². The summed E-state index contributed by atoms with van der Waals surface area (Å²) in [6, 6.07) is 8.13. The van der Waals surface area contributed by atoms with E-state index in [-0.39, 0.29) is 0 Å². The van der Waals surface area contributed by atoms with E-state index in [1.54, 1.807) is 20.4 Å². The van der Waals surface area contributed by atoms with Crippen molar-refractivity contribution in [3.8, 4) is 5.88 Å². The van der Waals surface area contributed by atoms with Gasteiger partial charge in [-0.2, -0.15) is 0 Å². The van der Waals surface area contributed by atoms with Gasteiger partial charge in [0.15, 0.2) is 0 Å². The molecule has 2 heterocycles. The molecule has 2 rings (SSSR count). The van der Waals surface area contributed by atoms with Crippen molar-refractivity contribution >= 4 is 0 Å². The van der Waals surface area contributed by atoms with Crippen molar-refractivity contribution in [1.29, 1.82) is 0 Å². The maximum absolute atomic E-state index is 5.29. The van der Waals surface area contributed by atoms with Crippen molar-refractivity contribution in [2.45, 2.75) is 13.1 Å². The van der Waals surface area contributed by atoms with Gasteiger partial charge in [-0.25, -0.2) is 4.98 Å². The minimum atomic E-state index is 0.680. The van der Waals surface area contributed by atoms with E-state index in [9.17, 15) is 0 Å². The fourth-order valence-corrected chi connectivity index (χ4v) is 2.07. The van der Waals surface area contributed by atoms with E-state index >= 15 is 0 Å². The molecule has 0 unspecified atom stereocenters. The summed E-state index contributed by atoms with van der Waals surface area (Å²) in [7, 11) is 3.35. The smallest absolute Gasteiger partial charge is 0.218 e. The fraction of sp³-hybridized carbons (Fsp3) is 0.400. The third-order valence-corrected chi connectivity index (χ3v) is 3.10. The number of rotatable bonds is 8. The Labute approximate surface area is 119 Å². The van der Waals surface area contributed by atoms with Crippen LogP contribution in [0.15, 0.2) is 36.7 Å². The summed E-state index contributed by atoms with van der Waals surface area (Å²) in [6.07, 6.45) is 3.81. The number of nitrogens with zero attached hydrogens (tertiary/aromatic N) is 2. The topological polar surface area (TPSA) is 48.3 Å². The van der Waals surface area contributed by atoms with Gasteiger partial charge in [-0.1, -0.05) is 6.07 Å². The number of nitrogens with one attached hydrogen (secondary N) is 1. The van der Waals surface area contributed by atoms with Crippen LogP contribution in [0, 0.1) is 0 Å². The van der Waals surface area contributed by atoms with Crippen LogP contribution in [0.5, 0.6) is 5.88 Å². The molecule has 0 aliphatic heterocycles. The third-order valence-electron chi connectivity index (χ3n) is 3.10. The quantitative estimate of drug-likeness (QED) is 0.745. The van der Waals surface area contributed by atoms with Gasteiger partial charge in [0.2, 0.25) is 5.88 Å². The summed E-state index contributed by atoms with van der Waals surface area (Å²) in [4.78, 5) is 4.23. The molecule has 0 aliphatic carbocycles. The summed E-state index contributed by atoms with van der Waals surface area (Å²) >= 11 is 0. The van der Waals surface area contributed by atoms with Gasteiger partial charge in [0.1, 0.15) is 0 Å². The first kappa shape index (κ1) is 14.6. The minimum absolute atomic E-state index is 0.680. The summed E-state index contributed by atoms with van der Waals surface area (Å²) in [5.41, 5.74) is 2.30. The van der Waals surface area contributed by atoms with Crippen molar-refractivity contribution in [2.75, 3.05) is 27.4 Å². The van der Waals surface area contributed by atoms with Crippen LogP contribution < -0.4 is 10.1 Å². The Hall–Kier alpha value is -1.85. The molecule has 0 aromatic carbocycles. The first-order valence-corrected chi connectivity index (χ1v) is 6.66. The predicted molar refractivity (Wildman–Crippen MR) is 77.9 cm³/mol. The molecule has 2 aromatic rings. The van der Waals surface area contributed by atoms with E-state index in [0.29, 0.717) is 5.88 Å². The van der Waals surface area contributed by atoms with Crippen LogP contribution >= 0.6 is 0 Å². The van der Waals surface area contributed by atoms with Crippen LogP contribution in [0.3, 0.4) is 0 Å². The van der Waals surface area contributed by atoms with Gasteiger partial charge in [0, 0.05) is 43.9 Å². The second-order valence-corrected chi connectivity index (χ2v) is 4.47. The molecular formula is C15H21N3O2. The van der Waals surface area contributed by atoms with E-state index in [1.807, 2.05) is 12.1 Å². The molecule has 0 atom stereocenters. The SMILES string of the molecule is COCCNCc1cccn1Cc1cccnc1OC. The van der Waals surface area contributed by atoms with E-state index in [4.69, 9.17) is 9.47 Å². The van der Waals surface area contributed by atoms with Gasteiger partial charge in [0.05, 0.1) is 20.3 Å². The summed E-state index contributed by atoms with van der Waals surface area (Å²) in [5, 5.41) is 3.35. The van der Waals surface area contributed by atoms with Crippen LogP contribution in [0.2, 0.25) is 0 Å². The molecule has 0 bridgehead atoms. The number of hydrogen-bond acceptors (Lipinski definition) is 4. The molecule has 20 heavy (non-hydrogen) atoms. The Kier molecular flexibility index (Phi) is 5.58. The Morgan fingerprint density at radius 1 is 1.25 bits per heavy atom. The van der Waals surface area contributed by atoms with Crippen molar-refractivity contribution in [3.63, 3.8) is 0 Å². The second kappa shape index (κ2) is 7.67. The lowest BCUT2D eigenvalue weighted by atomic mass is 10.2.